The number of nitrogens with zero attached hydrogens (tertiary/aromatic N) is 1. The average molecular weight is 421 g/mol. The van der Waals surface area contributed by atoms with Crippen LogP contribution in [0.25, 0.3) is 10.2 Å². The molecule has 0 aliphatic carbocycles. The molecule has 2 aromatic carbocycles. The normalized spacial score (nSPS) is 10.7. The number of thiazole rings is 1. The average Bonchev–Trinajstić information content (AvgIpc) is 3.41. The summed E-state index contributed by atoms with van der Waals surface area (Å²) >= 11 is 1.39. The maximum atomic E-state index is 12.2. The molecule has 2 N–H and O–H groups in total. The minimum atomic E-state index is -0.292. The number of para-hydroxylation sites is 1. The van der Waals surface area contributed by atoms with Crippen LogP contribution in [0.3, 0.4) is 0 Å². The van der Waals surface area contributed by atoms with Crippen molar-refractivity contribution in [2.24, 2.45) is 0 Å². The van der Waals surface area contributed by atoms with Gasteiger partial charge >= 0.3 is 0 Å². The van der Waals surface area contributed by atoms with E-state index in [1.54, 1.807) is 12.1 Å². The molecular weight excluding hydrogens is 402 g/mol. The van der Waals surface area contributed by atoms with Gasteiger partial charge in [0.25, 0.3) is 5.91 Å². The summed E-state index contributed by atoms with van der Waals surface area (Å²) in [6.07, 6.45) is 2.23. The summed E-state index contributed by atoms with van der Waals surface area (Å²) in [4.78, 5) is 28.4. The minimum absolute atomic E-state index is 0.151. The first kappa shape index (κ1) is 19.7. The van der Waals surface area contributed by atoms with E-state index in [1.165, 1.54) is 17.6 Å². The molecule has 2 heterocycles. The number of ether oxygens (including phenoxy) is 1. The molecule has 8 heteroatoms. The molecule has 7 nitrogen and oxygen atoms in total. The lowest BCUT2D eigenvalue weighted by Crippen LogP contribution is -2.25. The van der Waals surface area contributed by atoms with Crippen LogP contribution in [0, 0.1) is 0 Å². The van der Waals surface area contributed by atoms with E-state index in [1.807, 2.05) is 48.5 Å². The number of amides is 2. The van der Waals surface area contributed by atoms with Gasteiger partial charge < -0.3 is 19.8 Å². The van der Waals surface area contributed by atoms with Crippen molar-refractivity contribution in [3.05, 3.63) is 72.7 Å². The van der Waals surface area contributed by atoms with Crippen LogP contribution in [-0.2, 0) is 4.79 Å². The van der Waals surface area contributed by atoms with Crippen molar-refractivity contribution in [2.75, 3.05) is 11.9 Å². The first-order chi connectivity index (χ1) is 14.7. The Hall–Kier alpha value is -3.65. The number of carbonyl (C=O) groups excluding carboxylic acids is 2. The van der Waals surface area contributed by atoms with Gasteiger partial charge in [0.1, 0.15) is 11.5 Å². The summed E-state index contributed by atoms with van der Waals surface area (Å²) in [5.74, 6) is 1.28. The van der Waals surface area contributed by atoms with Gasteiger partial charge in [-0.25, -0.2) is 4.98 Å². The fourth-order valence-electron chi connectivity index (χ4n) is 2.77. The second kappa shape index (κ2) is 9.23. The molecule has 0 saturated carbocycles. The lowest BCUT2D eigenvalue weighted by molar-refractivity contribution is -0.116. The Morgan fingerprint density at radius 2 is 1.90 bits per heavy atom. The lowest BCUT2D eigenvalue weighted by Gasteiger charge is -2.04. The summed E-state index contributed by atoms with van der Waals surface area (Å²) < 4.78 is 11.8. The van der Waals surface area contributed by atoms with Crippen molar-refractivity contribution in [2.45, 2.75) is 12.8 Å². The molecule has 0 fully saturated rings. The Morgan fingerprint density at radius 3 is 2.70 bits per heavy atom. The van der Waals surface area contributed by atoms with E-state index in [0.717, 1.165) is 16.0 Å². The number of hydrogen-bond acceptors (Lipinski definition) is 6. The van der Waals surface area contributed by atoms with Crippen LogP contribution in [0.15, 0.2) is 71.3 Å². The highest BCUT2D eigenvalue weighted by Crippen LogP contribution is 2.31. The van der Waals surface area contributed by atoms with Gasteiger partial charge in [-0.1, -0.05) is 29.5 Å². The highest BCUT2D eigenvalue weighted by Gasteiger charge is 2.10. The number of nitrogens with one attached hydrogen (secondary N) is 2. The quantitative estimate of drug-likeness (QED) is 0.398. The minimum Gasteiger partial charge on any atom is -0.459 e. The summed E-state index contributed by atoms with van der Waals surface area (Å²) in [7, 11) is 0. The largest absolute Gasteiger partial charge is 0.459 e. The van der Waals surface area contributed by atoms with Gasteiger partial charge in [0, 0.05) is 19.0 Å². The maximum Gasteiger partial charge on any atom is 0.286 e. The van der Waals surface area contributed by atoms with Gasteiger partial charge in [-0.05, 0) is 42.8 Å². The predicted octanol–water partition coefficient (Wildman–Crippen LogP) is 4.83. The van der Waals surface area contributed by atoms with Crippen LogP contribution in [-0.4, -0.2) is 23.3 Å². The number of benzene rings is 2. The third-order valence-corrected chi connectivity index (χ3v) is 5.13. The van der Waals surface area contributed by atoms with Crippen molar-refractivity contribution in [1.29, 1.82) is 0 Å². The highest BCUT2D eigenvalue weighted by atomic mass is 32.1. The highest BCUT2D eigenvalue weighted by molar-refractivity contribution is 7.22. The fourth-order valence-corrected chi connectivity index (χ4v) is 3.68. The summed E-state index contributed by atoms with van der Waals surface area (Å²) in [5, 5.41) is 6.06. The van der Waals surface area contributed by atoms with Crippen LogP contribution < -0.4 is 15.4 Å². The Morgan fingerprint density at radius 1 is 1.03 bits per heavy atom. The molecule has 0 radical (unpaired) electrons. The summed E-state index contributed by atoms with van der Waals surface area (Å²) in [5.41, 5.74) is 0.793. The van der Waals surface area contributed by atoms with Crippen molar-refractivity contribution in [3.8, 4) is 11.5 Å². The molecule has 0 unspecified atom stereocenters. The zero-order valence-corrected chi connectivity index (χ0v) is 16.8. The predicted molar refractivity (Wildman–Crippen MR) is 115 cm³/mol. The second-order valence-corrected chi connectivity index (χ2v) is 7.48. The molecule has 152 valence electrons. The number of fused-ring (bicyclic) bond motifs is 1. The van der Waals surface area contributed by atoms with Gasteiger partial charge in [0.05, 0.1) is 16.5 Å². The molecule has 0 bridgehead atoms. The zero-order chi connectivity index (χ0) is 20.8. The van der Waals surface area contributed by atoms with E-state index in [0.29, 0.717) is 23.8 Å². The summed E-state index contributed by atoms with van der Waals surface area (Å²) in [6.45, 7) is 0.382. The molecule has 0 saturated heterocycles. The van der Waals surface area contributed by atoms with Crippen molar-refractivity contribution < 1.29 is 18.7 Å². The summed E-state index contributed by atoms with van der Waals surface area (Å²) in [6, 6.07) is 18.4. The monoisotopic (exact) mass is 421 g/mol. The van der Waals surface area contributed by atoms with E-state index in [9.17, 15) is 9.59 Å². The van der Waals surface area contributed by atoms with Crippen molar-refractivity contribution in [3.63, 3.8) is 0 Å². The van der Waals surface area contributed by atoms with E-state index >= 15 is 0 Å². The Bertz CT molecular complexity index is 1140. The van der Waals surface area contributed by atoms with Gasteiger partial charge in [0.15, 0.2) is 10.9 Å². The molecule has 4 rings (SSSR count). The smallest absolute Gasteiger partial charge is 0.286 e. The number of furan rings is 1. The third-order valence-electron chi connectivity index (χ3n) is 4.20. The van der Waals surface area contributed by atoms with E-state index in [2.05, 4.69) is 15.6 Å². The van der Waals surface area contributed by atoms with Crippen LogP contribution in [0.1, 0.15) is 23.4 Å². The molecular formula is C22H19N3O4S. The molecule has 30 heavy (non-hydrogen) atoms. The number of aromatic nitrogens is 1. The zero-order valence-electron chi connectivity index (χ0n) is 16.0. The third kappa shape index (κ3) is 5.03. The van der Waals surface area contributed by atoms with Gasteiger partial charge in [-0.15, -0.1) is 0 Å². The second-order valence-electron chi connectivity index (χ2n) is 6.45. The first-order valence-electron chi connectivity index (χ1n) is 9.42. The number of carbonyl (C=O) groups is 2. The first-order valence-corrected chi connectivity index (χ1v) is 10.2. The molecule has 0 atom stereocenters. The van der Waals surface area contributed by atoms with Crippen molar-refractivity contribution in [1.82, 2.24) is 10.3 Å². The van der Waals surface area contributed by atoms with E-state index < -0.39 is 0 Å². The molecule has 0 aliphatic heterocycles. The molecule has 2 amide bonds. The molecule has 2 aromatic heterocycles. The lowest BCUT2D eigenvalue weighted by atomic mass is 10.3. The molecule has 0 aliphatic rings. The number of rotatable bonds is 8. The Labute approximate surface area is 176 Å². The van der Waals surface area contributed by atoms with Gasteiger partial charge in [0.2, 0.25) is 5.91 Å². The van der Waals surface area contributed by atoms with Crippen LogP contribution >= 0.6 is 11.3 Å². The standard InChI is InChI=1S/C22H19N3O4S/c26-20(9-4-12-23-21(27)18-8-5-13-28-18)25-22-24-17-11-10-16(14-19(17)30-22)29-15-6-2-1-3-7-15/h1-3,5-8,10-11,13-14H,4,9,12H2,(H,23,27)(H,24,25,26). The Kier molecular flexibility index (Phi) is 6.05. The van der Waals surface area contributed by atoms with Gasteiger partial charge in [-0.2, -0.15) is 0 Å². The van der Waals surface area contributed by atoms with Crippen LogP contribution in [0.4, 0.5) is 5.13 Å². The SMILES string of the molecule is O=C(CCCNC(=O)c1ccco1)Nc1nc2ccc(Oc3ccccc3)cc2s1. The molecule has 0 spiro atoms. The number of anilines is 1. The van der Waals surface area contributed by atoms with Crippen LogP contribution in [0.2, 0.25) is 0 Å². The van der Waals surface area contributed by atoms with Crippen LogP contribution in [0.5, 0.6) is 11.5 Å². The topological polar surface area (TPSA) is 93.5 Å². The van der Waals surface area contributed by atoms with Crippen molar-refractivity contribution >= 4 is 38.5 Å². The van der Waals surface area contributed by atoms with E-state index in [-0.39, 0.29) is 24.0 Å². The Balaban J connectivity index is 1.28. The van der Waals surface area contributed by atoms with E-state index in [4.69, 9.17) is 9.15 Å². The number of hydrogen-bond donors (Lipinski definition) is 2. The maximum absolute atomic E-state index is 12.2. The fraction of sp³-hybridized carbons (Fsp3) is 0.136. The van der Waals surface area contributed by atoms with Gasteiger partial charge in [-0.3, -0.25) is 9.59 Å². The molecule has 4 aromatic rings.